The number of ether oxygens (including phenoxy) is 1. The molecule has 2 rings (SSSR count). The van der Waals surface area contributed by atoms with E-state index in [1.165, 1.54) is 11.9 Å². The van der Waals surface area contributed by atoms with Gasteiger partial charge in [-0.25, -0.2) is 0 Å². The number of benzene rings is 1. The monoisotopic (exact) mass is 318 g/mol. The Kier molecular flexibility index (Phi) is 5.29. The summed E-state index contributed by atoms with van der Waals surface area (Å²) in [5.41, 5.74) is 0.360. The molecular formula is C15H18N4O4. The zero-order valence-electron chi connectivity index (χ0n) is 13.2. The Morgan fingerprint density at radius 1 is 1.35 bits per heavy atom. The van der Waals surface area contributed by atoms with Crippen molar-refractivity contribution in [1.82, 2.24) is 20.4 Å². The molecule has 0 unspecified atom stereocenters. The molecule has 0 saturated heterocycles. The van der Waals surface area contributed by atoms with E-state index in [-0.39, 0.29) is 25.0 Å². The Labute approximate surface area is 133 Å². The Morgan fingerprint density at radius 3 is 2.74 bits per heavy atom. The van der Waals surface area contributed by atoms with E-state index in [0.717, 1.165) is 0 Å². The average molecular weight is 318 g/mol. The summed E-state index contributed by atoms with van der Waals surface area (Å²) in [6, 6.07) is 6.80. The average Bonchev–Trinajstić information content (AvgIpc) is 2.97. The highest BCUT2D eigenvalue weighted by Crippen LogP contribution is 2.20. The highest BCUT2D eigenvalue weighted by atomic mass is 16.5. The first-order valence-electron chi connectivity index (χ1n) is 6.98. The molecule has 0 aliphatic rings. The summed E-state index contributed by atoms with van der Waals surface area (Å²) in [5, 5.41) is 6.21. The first kappa shape index (κ1) is 16.5. The van der Waals surface area contributed by atoms with Crippen molar-refractivity contribution in [2.75, 3.05) is 20.6 Å². The van der Waals surface area contributed by atoms with Gasteiger partial charge in [0.05, 0.1) is 12.1 Å². The van der Waals surface area contributed by atoms with Crippen molar-refractivity contribution in [1.29, 1.82) is 0 Å². The highest BCUT2D eigenvalue weighted by Gasteiger charge is 2.18. The summed E-state index contributed by atoms with van der Waals surface area (Å²) < 4.78 is 10.5. The second-order valence-corrected chi connectivity index (χ2v) is 4.85. The molecule has 23 heavy (non-hydrogen) atoms. The number of aryl methyl sites for hydroxylation is 1. The largest absolute Gasteiger partial charge is 0.485 e. The minimum absolute atomic E-state index is 0.0340. The third kappa shape index (κ3) is 4.29. The Morgan fingerprint density at radius 2 is 2.09 bits per heavy atom. The fraction of sp³-hybridized carbons (Fsp3) is 0.333. The summed E-state index contributed by atoms with van der Waals surface area (Å²) >= 11 is 0. The van der Waals surface area contributed by atoms with Gasteiger partial charge >= 0.3 is 0 Å². The van der Waals surface area contributed by atoms with Crippen LogP contribution in [0.4, 0.5) is 0 Å². The van der Waals surface area contributed by atoms with Crippen LogP contribution in [-0.2, 0) is 11.4 Å². The number of hydrogen-bond acceptors (Lipinski definition) is 6. The lowest BCUT2D eigenvalue weighted by molar-refractivity contribution is -0.121. The number of rotatable bonds is 6. The molecular weight excluding hydrogens is 300 g/mol. The topological polar surface area (TPSA) is 97.6 Å². The van der Waals surface area contributed by atoms with Crippen LogP contribution in [0.3, 0.4) is 0 Å². The SMILES string of the molecule is CNC(=O)CN(C)C(=O)c1ccccc1OCc1noc(C)n1. The molecule has 8 nitrogen and oxygen atoms in total. The van der Waals surface area contributed by atoms with Crippen molar-refractivity contribution in [2.24, 2.45) is 0 Å². The molecule has 0 radical (unpaired) electrons. The maximum atomic E-state index is 12.4. The fourth-order valence-electron chi connectivity index (χ4n) is 1.88. The molecule has 0 aliphatic carbocycles. The predicted molar refractivity (Wildman–Crippen MR) is 80.8 cm³/mol. The van der Waals surface area contributed by atoms with Gasteiger partial charge in [-0.05, 0) is 12.1 Å². The van der Waals surface area contributed by atoms with Gasteiger partial charge in [0.2, 0.25) is 17.6 Å². The maximum Gasteiger partial charge on any atom is 0.257 e. The number of nitrogens with zero attached hydrogens (tertiary/aromatic N) is 3. The van der Waals surface area contributed by atoms with Crippen LogP contribution in [0.25, 0.3) is 0 Å². The molecule has 0 spiro atoms. The number of likely N-dealkylation sites (N-methyl/N-ethyl adjacent to an activating group) is 2. The Hall–Kier alpha value is -2.90. The molecule has 2 aromatic rings. The van der Waals surface area contributed by atoms with Crippen LogP contribution in [0.5, 0.6) is 5.75 Å². The molecule has 122 valence electrons. The van der Waals surface area contributed by atoms with Crippen LogP contribution in [0.1, 0.15) is 22.1 Å². The second-order valence-electron chi connectivity index (χ2n) is 4.85. The van der Waals surface area contributed by atoms with E-state index in [0.29, 0.717) is 23.0 Å². The van der Waals surface area contributed by atoms with Gasteiger partial charge in [-0.3, -0.25) is 9.59 Å². The minimum atomic E-state index is -0.312. The molecule has 0 aliphatic heterocycles. The molecule has 0 saturated carbocycles. The van der Waals surface area contributed by atoms with E-state index in [1.807, 2.05) is 0 Å². The van der Waals surface area contributed by atoms with E-state index >= 15 is 0 Å². The van der Waals surface area contributed by atoms with Crippen molar-refractivity contribution < 1.29 is 18.8 Å². The molecule has 1 N–H and O–H groups in total. The number of aromatic nitrogens is 2. The van der Waals surface area contributed by atoms with Crippen LogP contribution >= 0.6 is 0 Å². The summed E-state index contributed by atoms with van der Waals surface area (Å²) in [4.78, 5) is 29.2. The van der Waals surface area contributed by atoms with E-state index in [2.05, 4.69) is 15.5 Å². The summed E-state index contributed by atoms with van der Waals surface area (Å²) in [6.45, 7) is 1.73. The first-order valence-corrected chi connectivity index (χ1v) is 6.98. The van der Waals surface area contributed by atoms with Crippen LogP contribution in [0, 0.1) is 6.92 Å². The van der Waals surface area contributed by atoms with E-state index in [4.69, 9.17) is 9.26 Å². The first-order chi connectivity index (χ1) is 11.0. The zero-order valence-corrected chi connectivity index (χ0v) is 13.2. The molecule has 1 aromatic carbocycles. The zero-order chi connectivity index (χ0) is 16.8. The van der Waals surface area contributed by atoms with Crippen LogP contribution in [-0.4, -0.2) is 47.5 Å². The van der Waals surface area contributed by atoms with Gasteiger partial charge < -0.3 is 19.5 Å². The number of para-hydroxylation sites is 1. The minimum Gasteiger partial charge on any atom is -0.485 e. The Balaban J connectivity index is 2.10. The summed E-state index contributed by atoms with van der Waals surface area (Å²) in [5.74, 6) is 0.667. The summed E-state index contributed by atoms with van der Waals surface area (Å²) in [6.07, 6.45) is 0. The van der Waals surface area contributed by atoms with Gasteiger partial charge in [0.1, 0.15) is 5.75 Å². The van der Waals surface area contributed by atoms with Crippen molar-refractivity contribution in [2.45, 2.75) is 13.5 Å². The quantitative estimate of drug-likeness (QED) is 0.845. The van der Waals surface area contributed by atoms with Gasteiger partial charge in [-0.2, -0.15) is 4.98 Å². The lowest BCUT2D eigenvalue weighted by Gasteiger charge is -2.18. The van der Waals surface area contributed by atoms with Gasteiger partial charge in [0, 0.05) is 21.0 Å². The molecule has 8 heteroatoms. The van der Waals surface area contributed by atoms with E-state index in [9.17, 15) is 9.59 Å². The van der Waals surface area contributed by atoms with Crippen molar-refractivity contribution in [3.05, 3.63) is 41.5 Å². The number of hydrogen-bond donors (Lipinski definition) is 1. The molecule has 2 amide bonds. The molecule has 1 aromatic heterocycles. The summed E-state index contributed by atoms with van der Waals surface area (Å²) in [7, 11) is 3.07. The maximum absolute atomic E-state index is 12.4. The van der Waals surface area contributed by atoms with Crippen molar-refractivity contribution >= 4 is 11.8 Å². The standard InChI is InChI=1S/C15H18N4O4/c1-10-17-13(18-23-10)9-22-12-7-5-4-6-11(12)15(21)19(3)8-14(20)16-2/h4-7H,8-9H2,1-3H3,(H,16,20). The lowest BCUT2D eigenvalue weighted by Crippen LogP contribution is -2.37. The molecule has 0 bridgehead atoms. The normalized spacial score (nSPS) is 10.2. The number of carbonyl (C=O) groups is 2. The molecule has 1 heterocycles. The smallest absolute Gasteiger partial charge is 0.257 e. The Bertz CT molecular complexity index is 698. The third-order valence-corrected chi connectivity index (χ3v) is 3.05. The van der Waals surface area contributed by atoms with Gasteiger partial charge in [-0.15, -0.1) is 0 Å². The molecule has 0 fully saturated rings. The van der Waals surface area contributed by atoms with Gasteiger partial charge in [0.15, 0.2) is 6.61 Å². The fourth-order valence-corrected chi connectivity index (χ4v) is 1.88. The van der Waals surface area contributed by atoms with Crippen LogP contribution in [0.15, 0.2) is 28.8 Å². The second kappa shape index (κ2) is 7.39. The number of nitrogens with one attached hydrogen (secondary N) is 1. The number of carbonyl (C=O) groups excluding carboxylic acids is 2. The van der Waals surface area contributed by atoms with Crippen LogP contribution in [0.2, 0.25) is 0 Å². The van der Waals surface area contributed by atoms with E-state index < -0.39 is 0 Å². The highest BCUT2D eigenvalue weighted by molar-refractivity contribution is 5.98. The molecule has 0 atom stereocenters. The number of amides is 2. The van der Waals surface area contributed by atoms with E-state index in [1.54, 1.807) is 38.2 Å². The van der Waals surface area contributed by atoms with Gasteiger partial charge in [-0.1, -0.05) is 17.3 Å². The van der Waals surface area contributed by atoms with Gasteiger partial charge in [0.25, 0.3) is 5.91 Å². The van der Waals surface area contributed by atoms with Crippen molar-refractivity contribution in [3.63, 3.8) is 0 Å². The lowest BCUT2D eigenvalue weighted by atomic mass is 10.1. The predicted octanol–water partition coefficient (Wildman–Crippen LogP) is 0.775. The third-order valence-electron chi connectivity index (χ3n) is 3.05. The van der Waals surface area contributed by atoms with Crippen molar-refractivity contribution in [3.8, 4) is 5.75 Å². The van der Waals surface area contributed by atoms with Crippen LogP contribution < -0.4 is 10.1 Å².